The molecule has 4 aromatic rings. The molecule has 49 heavy (non-hydrogen) atoms. The maximum atomic E-state index is 13.8. The first-order chi connectivity index (χ1) is 23.4. The average molecular weight is 696 g/mol. The fourth-order valence-electron chi connectivity index (χ4n) is 5.63. The van der Waals surface area contributed by atoms with Gasteiger partial charge in [-0.2, -0.15) is 18.3 Å². The summed E-state index contributed by atoms with van der Waals surface area (Å²) in [7, 11) is 0. The Labute approximate surface area is 279 Å². The molecular weight excluding hydrogens is 667 g/mol. The van der Waals surface area contributed by atoms with Crippen molar-refractivity contribution in [1.29, 1.82) is 0 Å². The van der Waals surface area contributed by atoms with Gasteiger partial charge in [0.25, 0.3) is 17.7 Å². The molecule has 6 amide bonds. The molecule has 0 spiro atoms. The minimum atomic E-state index is -4.72. The van der Waals surface area contributed by atoms with E-state index < -0.39 is 47.4 Å². The highest BCUT2D eigenvalue weighted by molar-refractivity contribution is 7.13. The van der Waals surface area contributed by atoms with E-state index in [4.69, 9.17) is 0 Å². The second-order valence-electron chi connectivity index (χ2n) is 11.5. The van der Waals surface area contributed by atoms with Gasteiger partial charge in [-0.3, -0.25) is 39.0 Å². The highest BCUT2D eigenvalue weighted by Crippen LogP contribution is 2.33. The molecule has 2 aliphatic rings. The van der Waals surface area contributed by atoms with E-state index in [9.17, 15) is 41.9 Å². The molecule has 1 saturated heterocycles. The van der Waals surface area contributed by atoms with E-state index in [1.165, 1.54) is 29.5 Å². The van der Waals surface area contributed by atoms with Crippen LogP contribution in [-0.2, 0) is 27.1 Å². The first kappa shape index (κ1) is 33.5. The minimum absolute atomic E-state index is 0.0170. The van der Waals surface area contributed by atoms with Gasteiger partial charge in [0.1, 0.15) is 6.04 Å². The summed E-state index contributed by atoms with van der Waals surface area (Å²) in [6.07, 6.45) is -2.89. The van der Waals surface area contributed by atoms with Crippen LogP contribution in [0.2, 0.25) is 0 Å². The van der Waals surface area contributed by atoms with Gasteiger partial charge in [-0.25, -0.2) is 9.50 Å². The summed E-state index contributed by atoms with van der Waals surface area (Å²) >= 11 is 1.24. The summed E-state index contributed by atoms with van der Waals surface area (Å²) in [6, 6.07) is 8.96. The van der Waals surface area contributed by atoms with Crippen LogP contribution in [0.1, 0.15) is 81.0 Å². The molecule has 5 heterocycles. The zero-order valence-corrected chi connectivity index (χ0v) is 26.4. The number of hydrogen-bond acceptors (Lipinski definition) is 9. The molecule has 1 atom stereocenters. The van der Waals surface area contributed by atoms with Crippen molar-refractivity contribution >= 4 is 52.4 Å². The highest BCUT2D eigenvalue weighted by Gasteiger charge is 2.44. The lowest BCUT2D eigenvalue weighted by Gasteiger charge is -2.27. The Hall–Kier alpha value is -5.45. The molecule has 6 rings (SSSR count). The van der Waals surface area contributed by atoms with Gasteiger partial charge in [0.15, 0.2) is 17.0 Å². The Balaban J connectivity index is 0.946. The van der Waals surface area contributed by atoms with Crippen LogP contribution in [0.3, 0.4) is 0 Å². The summed E-state index contributed by atoms with van der Waals surface area (Å²) in [5.74, 6) is -3.31. The van der Waals surface area contributed by atoms with Crippen LogP contribution < -0.4 is 16.0 Å². The molecule has 1 unspecified atom stereocenters. The largest absolute Gasteiger partial charge is 0.433 e. The molecule has 3 aromatic heterocycles. The number of rotatable bonds is 11. The average Bonchev–Trinajstić information content (AvgIpc) is 3.80. The van der Waals surface area contributed by atoms with Crippen molar-refractivity contribution in [3.05, 3.63) is 75.9 Å². The third-order valence-electron chi connectivity index (χ3n) is 8.08. The zero-order chi connectivity index (χ0) is 34.9. The number of carbonyl (C=O) groups is 6. The summed E-state index contributed by atoms with van der Waals surface area (Å²) in [4.78, 5) is 80.3. The van der Waals surface area contributed by atoms with E-state index >= 15 is 0 Å². The van der Waals surface area contributed by atoms with Gasteiger partial charge in [0.2, 0.25) is 17.7 Å². The summed E-state index contributed by atoms with van der Waals surface area (Å²) in [6.45, 7) is 0.312. The fraction of sp³-hybridized carbons (Fsp3) is 0.312. The zero-order valence-electron chi connectivity index (χ0n) is 25.6. The molecule has 0 saturated carbocycles. The van der Waals surface area contributed by atoms with Crippen LogP contribution in [0.25, 0.3) is 16.2 Å². The van der Waals surface area contributed by atoms with Gasteiger partial charge in [-0.05, 0) is 54.5 Å². The number of nitrogens with one attached hydrogen (secondary N) is 3. The van der Waals surface area contributed by atoms with Crippen molar-refractivity contribution in [1.82, 2.24) is 35.4 Å². The van der Waals surface area contributed by atoms with Crippen molar-refractivity contribution in [3.8, 4) is 10.6 Å². The Kier molecular flexibility index (Phi) is 9.27. The summed E-state index contributed by atoms with van der Waals surface area (Å²) in [5, 5.41) is 13.1. The SMILES string of the molecule is O=C(CCCCCNC(=O)c1cc2nc(-c3cccs3)cc(C(F)(F)F)n2n1)NCc1ccc2c(c1)C(=O)N(C1CCC(=O)NC1=O)C2=O. The van der Waals surface area contributed by atoms with Crippen LogP contribution in [-0.4, -0.2) is 67.5 Å². The number of benzene rings is 1. The van der Waals surface area contributed by atoms with Gasteiger partial charge in [-0.15, -0.1) is 11.3 Å². The number of unbranched alkanes of at least 4 members (excludes halogenated alkanes) is 2. The van der Waals surface area contributed by atoms with Crippen LogP contribution in [0, 0.1) is 0 Å². The fourth-order valence-corrected chi connectivity index (χ4v) is 6.32. The van der Waals surface area contributed by atoms with Crippen molar-refractivity contribution in [2.45, 2.75) is 57.3 Å². The first-order valence-electron chi connectivity index (χ1n) is 15.3. The van der Waals surface area contributed by atoms with Crippen molar-refractivity contribution < 1.29 is 41.9 Å². The predicted molar refractivity (Wildman–Crippen MR) is 167 cm³/mol. The standard InChI is InChI=1S/C32H28F3N7O6S/c33-32(34,35)24-14-20(23-5-4-12-49-23)38-25-15-21(40-42(24)25)28(45)36-11-3-1-2-6-26(43)37-16-17-7-8-18-19(13-17)31(48)41(30(18)47)22-9-10-27(44)39-29(22)46/h4-5,7-8,12-15,22H,1-3,6,9-11,16H2,(H,36,45)(H,37,43)(H,39,44,46). The van der Waals surface area contributed by atoms with Crippen LogP contribution in [0.4, 0.5) is 13.2 Å². The van der Waals surface area contributed by atoms with Gasteiger partial charge < -0.3 is 10.6 Å². The molecular formula is C32H28F3N7O6S. The van der Waals surface area contributed by atoms with Crippen molar-refractivity contribution in [2.75, 3.05) is 6.54 Å². The van der Waals surface area contributed by atoms with E-state index in [0.29, 0.717) is 34.2 Å². The van der Waals surface area contributed by atoms with E-state index in [1.54, 1.807) is 23.6 Å². The Morgan fingerprint density at radius 3 is 2.51 bits per heavy atom. The highest BCUT2D eigenvalue weighted by atomic mass is 32.1. The first-order valence-corrected chi connectivity index (χ1v) is 16.2. The number of hydrogen-bond donors (Lipinski definition) is 3. The van der Waals surface area contributed by atoms with E-state index in [-0.39, 0.29) is 66.4 Å². The molecule has 3 N–H and O–H groups in total. The van der Waals surface area contributed by atoms with E-state index in [1.807, 2.05) is 0 Å². The second kappa shape index (κ2) is 13.6. The number of piperidine rings is 1. The lowest BCUT2D eigenvalue weighted by Crippen LogP contribution is -2.54. The number of halogens is 3. The molecule has 0 radical (unpaired) electrons. The van der Waals surface area contributed by atoms with E-state index in [0.717, 1.165) is 11.0 Å². The number of nitrogens with zero attached hydrogens (tertiary/aromatic N) is 4. The van der Waals surface area contributed by atoms with Crippen molar-refractivity contribution in [3.63, 3.8) is 0 Å². The lowest BCUT2D eigenvalue weighted by molar-refractivity contribution is -0.142. The third-order valence-corrected chi connectivity index (χ3v) is 8.98. The minimum Gasteiger partial charge on any atom is -0.352 e. The molecule has 17 heteroatoms. The molecule has 254 valence electrons. The normalized spacial score (nSPS) is 16.2. The maximum absolute atomic E-state index is 13.8. The number of imide groups is 2. The molecule has 0 aliphatic carbocycles. The number of fused-ring (bicyclic) bond motifs is 2. The summed E-state index contributed by atoms with van der Waals surface area (Å²) in [5.41, 5.74) is -0.396. The van der Waals surface area contributed by atoms with Gasteiger partial charge in [0.05, 0.1) is 21.7 Å². The van der Waals surface area contributed by atoms with Crippen LogP contribution in [0.5, 0.6) is 0 Å². The van der Waals surface area contributed by atoms with Crippen LogP contribution in [0.15, 0.2) is 47.8 Å². The third kappa shape index (κ3) is 7.06. The Morgan fingerprint density at radius 1 is 0.980 bits per heavy atom. The van der Waals surface area contributed by atoms with Gasteiger partial charge in [0, 0.05) is 32.0 Å². The molecule has 0 bridgehead atoms. The summed E-state index contributed by atoms with van der Waals surface area (Å²) < 4.78 is 41.9. The number of alkyl halides is 3. The van der Waals surface area contributed by atoms with Crippen molar-refractivity contribution in [2.24, 2.45) is 0 Å². The quantitative estimate of drug-likeness (QED) is 0.158. The predicted octanol–water partition coefficient (Wildman–Crippen LogP) is 3.48. The maximum Gasteiger partial charge on any atom is 0.433 e. The van der Waals surface area contributed by atoms with Crippen LogP contribution >= 0.6 is 11.3 Å². The van der Waals surface area contributed by atoms with Gasteiger partial charge in [-0.1, -0.05) is 18.6 Å². The van der Waals surface area contributed by atoms with Gasteiger partial charge >= 0.3 is 6.18 Å². The monoisotopic (exact) mass is 695 g/mol. The van der Waals surface area contributed by atoms with E-state index in [2.05, 4.69) is 26.0 Å². The molecule has 1 aromatic carbocycles. The second-order valence-corrected chi connectivity index (χ2v) is 12.4. The Bertz CT molecular complexity index is 1990. The topological polar surface area (TPSA) is 172 Å². The Morgan fingerprint density at radius 2 is 1.78 bits per heavy atom. The number of thiophene rings is 1. The lowest BCUT2D eigenvalue weighted by atomic mass is 10.0. The number of aromatic nitrogens is 3. The number of carbonyl (C=O) groups excluding carboxylic acids is 6. The molecule has 1 fully saturated rings. The molecule has 2 aliphatic heterocycles. The number of amides is 6. The smallest absolute Gasteiger partial charge is 0.352 e. The molecule has 13 nitrogen and oxygen atoms in total.